The molecule has 0 amide bonds. The van der Waals surface area contributed by atoms with Gasteiger partial charge in [-0.05, 0) is 6.42 Å². The highest BCUT2D eigenvalue weighted by molar-refractivity contribution is 7.45. The van der Waals surface area contributed by atoms with Crippen molar-refractivity contribution in [2.45, 2.75) is 19.4 Å². The lowest BCUT2D eigenvalue weighted by Crippen LogP contribution is -2.13. The van der Waals surface area contributed by atoms with Crippen LogP contribution < -0.4 is 0 Å². The standard InChI is InChI=1S/C7H14O2.H3O4P/c1-3-5-9-6-7(8)4-2;1-5(2,3)4/h3,7-8H,1,4-6H2,2H3;(H3,1,2,3,4). The average Bonchev–Trinajstić information content (AvgIpc) is 2.01. The molecule has 0 bridgehead atoms. The monoisotopic (exact) mass is 228 g/mol. The number of aliphatic hydroxyl groups excluding tert-OH is 1. The summed E-state index contributed by atoms with van der Waals surface area (Å²) in [6.07, 6.45) is 2.10. The minimum absolute atomic E-state index is 0.315. The molecule has 6 nitrogen and oxygen atoms in total. The molecule has 0 saturated carbocycles. The number of phosphoric acid groups is 1. The molecule has 14 heavy (non-hydrogen) atoms. The van der Waals surface area contributed by atoms with Gasteiger partial charge >= 0.3 is 7.82 Å². The van der Waals surface area contributed by atoms with Gasteiger partial charge in [-0.2, -0.15) is 0 Å². The third-order valence-electron chi connectivity index (χ3n) is 1.02. The zero-order valence-electron chi connectivity index (χ0n) is 8.04. The van der Waals surface area contributed by atoms with E-state index in [9.17, 15) is 0 Å². The number of ether oxygens (including phenoxy) is 1. The molecule has 0 saturated heterocycles. The molecule has 0 aromatic heterocycles. The van der Waals surface area contributed by atoms with Gasteiger partial charge in [0.05, 0.1) is 19.3 Å². The van der Waals surface area contributed by atoms with E-state index in [-0.39, 0.29) is 6.10 Å². The van der Waals surface area contributed by atoms with Crippen molar-refractivity contribution in [3.63, 3.8) is 0 Å². The summed E-state index contributed by atoms with van der Waals surface area (Å²) in [6.45, 7) is 6.34. The first-order valence-electron chi connectivity index (χ1n) is 3.96. The Labute approximate surface area is 83.1 Å². The van der Waals surface area contributed by atoms with Crippen LogP contribution in [0.1, 0.15) is 13.3 Å². The zero-order chi connectivity index (χ0) is 11.6. The summed E-state index contributed by atoms with van der Waals surface area (Å²) in [6, 6.07) is 0. The third kappa shape index (κ3) is 29.8. The van der Waals surface area contributed by atoms with Crippen molar-refractivity contribution in [2.24, 2.45) is 0 Å². The Balaban J connectivity index is 0. The number of rotatable bonds is 5. The molecule has 0 aromatic rings. The summed E-state index contributed by atoms with van der Waals surface area (Å²) < 4.78 is 13.8. The molecule has 0 radical (unpaired) electrons. The molecule has 0 aliphatic heterocycles. The van der Waals surface area contributed by atoms with Gasteiger partial charge in [-0.3, -0.25) is 0 Å². The first-order chi connectivity index (χ1) is 6.31. The van der Waals surface area contributed by atoms with Gasteiger partial charge in [-0.15, -0.1) is 6.58 Å². The minimum atomic E-state index is -4.64. The molecule has 1 atom stereocenters. The van der Waals surface area contributed by atoms with Gasteiger partial charge in [0.25, 0.3) is 0 Å². The van der Waals surface area contributed by atoms with Gasteiger partial charge in [0.2, 0.25) is 0 Å². The molecule has 86 valence electrons. The number of hydrogen-bond acceptors (Lipinski definition) is 3. The SMILES string of the molecule is C=CCOCC(O)CC.O=P(O)(O)O. The maximum absolute atomic E-state index is 8.93. The second kappa shape index (κ2) is 9.33. The average molecular weight is 228 g/mol. The Morgan fingerprint density at radius 3 is 2.21 bits per heavy atom. The van der Waals surface area contributed by atoms with Crippen molar-refractivity contribution < 1.29 is 29.1 Å². The molecule has 0 aromatic carbocycles. The molecule has 0 spiro atoms. The normalized spacial score (nSPS) is 12.6. The van der Waals surface area contributed by atoms with Crippen LogP contribution in [-0.2, 0) is 9.30 Å². The zero-order valence-corrected chi connectivity index (χ0v) is 8.93. The lowest BCUT2D eigenvalue weighted by molar-refractivity contribution is 0.0474. The lowest BCUT2D eigenvalue weighted by atomic mass is 10.3. The van der Waals surface area contributed by atoms with Crippen LogP contribution in [0.3, 0.4) is 0 Å². The molecule has 4 N–H and O–H groups in total. The maximum Gasteiger partial charge on any atom is 0.466 e. The van der Waals surface area contributed by atoms with Gasteiger partial charge < -0.3 is 24.5 Å². The smallest absolute Gasteiger partial charge is 0.391 e. The van der Waals surface area contributed by atoms with Crippen LogP contribution in [-0.4, -0.2) is 39.1 Å². The lowest BCUT2D eigenvalue weighted by Gasteiger charge is -2.05. The van der Waals surface area contributed by atoms with Crippen LogP contribution in [0.5, 0.6) is 0 Å². The van der Waals surface area contributed by atoms with E-state index in [4.69, 9.17) is 29.1 Å². The van der Waals surface area contributed by atoms with Crippen LogP contribution in [0.4, 0.5) is 0 Å². The summed E-state index contributed by atoms with van der Waals surface area (Å²) in [5, 5.41) is 8.93. The van der Waals surface area contributed by atoms with E-state index in [1.54, 1.807) is 6.08 Å². The van der Waals surface area contributed by atoms with Crippen molar-refractivity contribution in [1.29, 1.82) is 0 Å². The van der Waals surface area contributed by atoms with Gasteiger partial charge in [0.1, 0.15) is 0 Å². The highest BCUT2D eigenvalue weighted by Gasteiger charge is 2.00. The van der Waals surface area contributed by atoms with Crippen molar-refractivity contribution in [2.75, 3.05) is 13.2 Å². The summed E-state index contributed by atoms with van der Waals surface area (Å²) in [4.78, 5) is 21.6. The molecular formula is C7H17O6P. The quantitative estimate of drug-likeness (QED) is 0.300. The summed E-state index contributed by atoms with van der Waals surface area (Å²) in [5.74, 6) is 0. The summed E-state index contributed by atoms with van der Waals surface area (Å²) >= 11 is 0. The van der Waals surface area contributed by atoms with Crippen molar-refractivity contribution in [3.05, 3.63) is 12.7 Å². The van der Waals surface area contributed by atoms with E-state index >= 15 is 0 Å². The fraction of sp³-hybridized carbons (Fsp3) is 0.714. The highest BCUT2D eigenvalue weighted by atomic mass is 31.2. The fourth-order valence-electron chi connectivity index (χ4n) is 0.405. The second-order valence-electron chi connectivity index (χ2n) is 2.40. The molecule has 1 unspecified atom stereocenters. The van der Waals surface area contributed by atoms with Crippen molar-refractivity contribution >= 4 is 7.82 Å². The van der Waals surface area contributed by atoms with Crippen LogP contribution in [0.15, 0.2) is 12.7 Å². The fourth-order valence-corrected chi connectivity index (χ4v) is 0.405. The Hall–Kier alpha value is -0.230. The summed E-state index contributed by atoms with van der Waals surface area (Å²) in [5.41, 5.74) is 0. The molecule has 0 heterocycles. The van der Waals surface area contributed by atoms with Gasteiger partial charge in [-0.25, -0.2) is 4.57 Å². The van der Waals surface area contributed by atoms with Crippen LogP contribution in [0, 0.1) is 0 Å². The third-order valence-corrected chi connectivity index (χ3v) is 1.02. The number of aliphatic hydroxyl groups is 1. The maximum atomic E-state index is 8.93. The first-order valence-corrected chi connectivity index (χ1v) is 5.52. The van der Waals surface area contributed by atoms with Crippen molar-refractivity contribution in [1.82, 2.24) is 0 Å². The van der Waals surface area contributed by atoms with Gasteiger partial charge in [0.15, 0.2) is 0 Å². The van der Waals surface area contributed by atoms with E-state index < -0.39 is 7.82 Å². The van der Waals surface area contributed by atoms with Crippen LogP contribution in [0.2, 0.25) is 0 Å². The largest absolute Gasteiger partial charge is 0.466 e. The Kier molecular flexibility index (Phi) is 10.8. The molecule has 0 aliphatic rings. The van der Waals surface area contributed by atoms with Gasteiger partial charge in [0, 0.05) is 0 Å². The Bertz CT molecular complexity index is 169. The molecular weight excluding hydrogens is 211 g/mol. The highest BCUT2D eigenvalue weighted by Crippen LogP contribution is 2.25. The van der Waals surface area contributed by atoms with E-state index in [1.165, 1.54) is 0 Å². The van der Waals surface area contributed by atoms with Crippen molar-refractivity contribution in [3.8, 4) is 0 Å². The molecule has 7 heteroatoms. The Morgan fingerprint density at radius 2 is 1.93 bits per heavy atom. The molecule has 0 fully saturated rings. The van der Waals surface area contributed by atoms with Gasteiger partial charge in [-0.1, -0.05) is 13.0 Å². The van der Waals surface area contributed by atoms with E-state index in [2.05, 4.69) is 6.58 Å². The van der Waals surface area contributed by atoms with E-state index in [1.807, 2.05) is 6.92 Å². The van der Waals surface area contributed by atoms with E-state index in [0.29, 0.717) is 13.2 Å². The predicted molar refractivity (Wildman–Crippen MR) is 51.6 cm³/mol. The molecule has 0 aliphatic carbocycles. The second-order valence-corrected chi connectivity index (χ2v) is 3.43. The van der Waals surface area contributed by atoms with Crippen LogP contribution >= 0.6 is 7.82 Å². The Morgan fingerprint density at radius 1 is 1.50 bits per heavy atom. The van der Waals surface area contributed by atoms with Crippen LogP contribution in [0.25, 0.3) is 0 Å². The number of hydrogen-bond donors (Lipinski definition) is 4. The first kappa shape index (κ1) is 16.2. The topological polar surface area (TPSA) is 107 Å². The minimum Gasteiger partial charge on any atom is -0.391 e. The van der Waals surface area contributed by atoms with E-state index in [0.717, 1.165) is 6.42 Å². The predicted octanol–water partition coefficient (Wildman–Crippen LogP) is 0.0313. The molecule has 0 rings (SSSR count). The summed E-state index contributed by atoms with van der Waals surface area (Å²) in [7, 11) is -4.64.